The maximum absolute atomic E-state index is 12.7. The van der Waals surface area contributed by atoms with E-state index in [4.69, 9.17) is 11.6 Å². The van der Waals surface area contributed by atoms with Crippen LogP contribution in [0.3, 0.4) is 0 Å². The molecule has 15 heavy (non-hydrogen) atoms. The Balaban J connectivity index is 2.79. The molecule has 0 aliphatic heterocycles. The molecule has 1 heterocycles. The molecule has 1 aromatic rings. The molecule has 0 N–H and O–H groups in total. The normalized spacial score (nSPS) is 9.00. The number of ether oxygens (including phenoxy) is 1. The van der Waals surface area contributed by atoms with E-state index in [2.05, 4.69) is 21.6 Å². The van der Waals surface area contributed by atoms with Crippen molar-refractivity contribution in [1.82, 2.24) is 4.98 Å². The zero-order valence-electron chi connectivity index (χ0n) is 7.88. The number of esters is 1. The number of hydrogen-bond donors (Lipinski definition) is 0. The van der Waals surface area contributed by atoms with Gasteiger partial charge in [-0.1, -0.05) is 23.4 Å². The molecule has 0 fully saturated rings. The zero-order chi connectivity index (χ0) is 11.3. The van der Waals surface area contributed by atoms with Crippen molar-refractivity contribution in [1.29, 1.82) is 0 Å². The van der Waals surface area contributed by atoms with Crippen molar-refractivity contribution in [3.8, 4) is 11.8 Å². The van der Waals surface area contributed by atoms with Gasteiger partial charge in [0.1, 0.15) is 6.42 Å². The van der Waals surface area contributed by atoms with E-state index in [-0.39, 0.29) is 11.4 Å². The van der Waals surface area contributed by atoms with Gasteiger partial charge in [0.25, 0.3) is 0 Å². The number of halogens is 2. The second kappa shape index (κ2) is 5.32. The topological polar surface area (TPSA) is 39.2 Å². The number of carbonyl (C=O) groups is 1. The van der Waals surface area contributed by atoms with E-state index in [1.165, 1.54) is 13.3 Å². The van der Waals surface area contributed by atoms with Crippen molar-refractivity contribution in [2.24, 2.45) is 0 Å². The number of rotatable bonds is 1. The average Bonchev–Trinajstić information content (AvgIpc) is 2.23. The highest BCUT2D eigenvalue weighted by molar-refractivity contribution is 6.31. The summed E-state index contributed by atoms with van der Waals surface area (Å²) in [6.07, 6.45) is 1.11. The molecule has 0 aliphatic rings. The lowest BCUT2D eigenvalue weighted by Gasteiger charge is -1.94. The highest BCUT2D eigenvalue weighted by Gasteiger charge is 2.00. The van der Waals surface area contributed by atoms with Gasteiger partial charge in [0.2, 0.25) is 5.95 Å². The standard InChI is InChI=1S/C10H7ClFNO2/c1-15-10(14)4-2-3-7-5-9(12)13-6-8(7)11/h5-6H,4H2,1H3. The Kier molecular flexibility index (Phi) is 4.07. The van der Waals surface area contributed by atoms with Crippen molar-refractivity contribution in [3.63, 3.8) is 0 Å². The van der Waals surface area contributed by atoms with Gasteiger partial charge in [0.05, 0.1) is 12.1 Å². The largest absolute Gasteiger partial charge is 0.468 e. The first-order chi connectivity index (χ1) is 7.13. The first kappa shape index (κ1) is 11.5. The molecule has 5 heteroatoms. The predicted octanol–water partition coefficient (Wildman–Crippen LogP) is 1.79. The Bertz CT molecular complexity index is 437. The maximum Gasteiger partial charge on any atom is 0.317 e. The molecule has 0 saturated heterocycles. The molecule has 1 aromatic heterocycles. The molecule has 78 valence electrons. The van der Waals surface area contributed by atoms with Crippen LogP contribution in [0.1, 0.15) is 12.0 Å². The van der Waals surface area contributed by atoms with Crippen molar-refractivity contribution < 1.29 is 13.9 Å². The second-order valence-corrected chi connectivity index (χ2v) is 2.95. The van der Waals surface area contributed by atoms with Gasteiger partial charge in [0, 0.05) is 17.8 Å². The van der Waals surface area contributed by atoms with Gasteiger partial charge in [-0.15, -0.1) is 0 Å². The highest BCUT2D eigenvalue weighted by atomic mass is 35.5. The molecule has 0 amide bonds. The van der Waals surface area contributed by atoms with E-state index in [0.717, 1.165) is 6.07 Å². The monoisotopic (exact) mass is 227 g/mol. The van der Waals surface area contributed by atoms with Crippen LogP contribution in [0.5, 0.6) is 0 Å². The SMILES string of the molecule is COC(=O)CC#Cc1cc(F)ncc1Cl. The summed E-state index contributed by atoms with van der Waals surface area (Å²) in [7, 11) is 1.27. The zero-order valence-corrected chi connectivity index (χ0v) is 8.64. The van der Waals surface area contributed by atoms with E-state index in [1.54, 1.807) is 0 Å². The number of pyridine rings is 1. The molecular weight excluding hydrogens is 221 g/mol. The third-order valence-corrected chi connectivity index (χ3v) is 1.81. The smallest absolute Gasteiger partial charge is 0.317 e. The van der Waals surface area contributed by atoms with E-state index in [9.17, 15) is 9.18 Å². The minimum Gasteiger partial charge on any atom is -0.468 e. The summed E-state index contributed by atoms with van der Waals surface area (Å²) in [5.74, 6) is 3.96. The molecule has 0 radical (unpaired) electrons. The Labute approximate surface area is 91.2 Å². The number of nitrogens with zero attached hydrogens (tertiary/aromatic N) is 1. The number of hydrogen-bond acceptors (Lipinski definition) is 3. The van der Waals surface area contributed by atoms with Crippen LogP contribution in [-0.4, -0.2) is 18.1 Å². The lowest BCUT2D eigenvalue weighted by Crippen LogP contribution is -1.97. The summed E-state index contributed by atoms with van der Waals surface area (Å²) in [4.78, 5) is 14.1. The van der Waals surface area contributed by atoms with Crippen molar-refractivity contribution in [2.75, 3.05) is 7.11 Å². The summed E-state index contributed by atoms with van der Waals surface area (Å²) in [6, 6.07) is 1.10. The van der Waals surface area contributed by atoms with Crippen molar-refractivity contribution in [2.45, 2.75) is 6.42 Å². The van der Waals surface area contributed by atoms with Gasteiger partial charge in [0.15, 0.2) is 0 Å². The Hall–Kier alpha value is -1.60. The molecule has 0 spiro atoms. The molecule has 1 rings (SSSR count). The predicted molar refractivity (Wildman–Crippen MR) is 52.7 cm³/mol. The molecule has 3 nitrogen and oxygen atoms in total. The Morgan fingerprint density at radius 1 is 1.73 bits per heavy atom. The maximum atomic E-state index is 12.7. The summed E-state index contributed by atoms with van der Waals surface area (Å²) in [6.45, 7) is 0. The van der Waals surface area contributed by atoms with Gasteiger partial charge in [-0.3, -0.25) is 4.79 Å². The van der Waals surface area contributed by atoms with Crippen LogP contribution >= 0.6 is 11.6 Å². The molecule has 0 unspecified atom stereocenters. The highest BCUT2D eigenvalue weighted by Crippen LogP contribution is 2.13. The van der Waals surface area contributed by atoms with Crippen LogP contribution in [0.15, 0.2) is 12.3 Å². The fourth-order valence-electron chi connectivity index (χ4n) is 0.793. The summed E-state index contributed by atoms with van der Waals surface area (Å²) < 4.78 is 17.1. The van der Waals surface area contributed by atoms with Crippen LogP contribution in [0, 0.1) is 17.8 Å². The summed E-state index contributed by atoms with van der Waals surface area (Å²) in [5.41, 5.74) is 0.299. The minimum absolute atomic E-state index is 0.0588. The quantitative estimate of drug-likeness (QED) is 0.417. The van der Waals surface area contributed by atoms with Crippen molar-refractivity contribution in [3.05, 3.63) is 28.8 Å². The van der Waals surface area contributed by atoms with Crippen LogP contribution < -0.4 is 0 Å². The summed E-state index contributed by atoms with van der Waals surface area (Å²) >= 11 is 5.70. The van der Waals surface area contributed by atoms with E-state index in [0.29, 0.717) is 5.56 Å². The second-order valence-electron chi connectivity index (χ2n) is 2.54. The van der Waals surface area contributed by atoms with Crippen LogP contribution in [0.4, 0.5) is 4.39 Å². The molecular formula is C10H7ClFNO2. The Morgan fingerprint density at radius 2 is 2.47 bits per heavy atom. The molecule has 0 atom stereocenters. The van der Waals surface area contributed by atoms with Crippen LogP contribution in [0.2, 0.25) is 5.02 Å². The fraction of sp³-hybridized carbons (Fsp3) is 0.200. The third kappa shape index (κ3) is 3.56. The molecule has 0 aromatic carbocycles. The lowest BCUT2D eigenvalue weighted by atomic mass is 10.2. The van der Waals surface area contributed by atoms with Gasteiger partial charge in [-0.2, -0.15) is 4.39 Å². The van der Waals surface area contributed by atoms with E-state index < -0.39 is 11.9 Å². The number of carbonyl (C=O) groups excluding carboxylic acids is 1. The molecule has 0 aliphatic carbocycles. The van der Waals surface area contributed by atoms with Gasteiger partial charge >= 0.3 is 5.97 Å². The molecule has 0 saturated carbocycles. The van der Waals surface area contributed by atoms with Crippen molar-refractivity contribution >= 4 is 17.6 Å². The van der Waals surface area contributed by atoms with Crippen LogP contribution in [0.25, 0.3) is 0 Å². The first-order valence-electron chi connectivity index (χ1n) is 4.00. The van der Waals surface area contributed by atoms with E-state index >= 15 is 0 Å². The fourth-order valence-corrected chi connectivity index (χ4v) is 0.943. The minimum atomic E-state index is -0.665. The number of aromatic nitrogens is 1. The average molecular weight is 228 g/mol. The molecule has 0 bridgehead atoms. The van der Waals surface area contributed by atoms with Gasteiger partial charge in [-0.05, 0) is 0 Å². The Morgan fingerprint density at radius 3 is 3.13 bits per heavy atom. The van der Waals surface area contributed by atoms with Gasteiger partial charge in [-0.25, -0.2) is 4.98 Å². The third-order valence-electron chi connectivity index (χ3n) is 1.51. The van der Waals surface area contributed by atoms with Gasteiger partial charge < -0.3 is 4.74 Å². The summed E-state index contributed by atoms with van der Waals surface area (Å²) in [5, 5.41) is 0.244. The first-order valence-corrected chi connectivity index (χ1v) is 4.38. The van der Waals surface area contributed by atoms with Crippen LogP contribution in [-0.2, 0) is 9.53 Å². The van der Waals surface area contributed by atoms with E-state index in [1.807, 2.05) is 0 Å². The number of methoxy groups -OCH3 is 1. The lowest BCUT2D eigenvalue weighted by molar-refractivity contribution is -0.139.